The van der Waals surface area contributed by atoms with Crippen LogP contribution in [0.4, 0.5) is 4.79 Å². The number of carbonyl (C=O) groups is 3. The van der Waals surface area contributed by atoms with Gasteiger partial charge in [0.1, 0.15) is 12.4 Å². The average molecular weight is 268 g/mol. The predicted octanol–water partition coefficient (Wildman–Crippen LogP) is 1.25. The lowest BCUT2D eigenvalue weighted by Gasteiger charge is -2.09. The fraction of sp³-hybridized carbons (Fsp3) is 0.250. The second-order valence-corrected chi connectivity index (χ2v) is 3.68. The molecule has 0 aliphatic rings. The van der Waals surface area contributed by atoms with Crippen molar-refractivity contribution in [3.8, 4) is 5.75 Å². The van der Waals surface area contributed by atoms with Gasteiger partial charge in [0.05, 0.1) is 5.56 Å². The normalized spacial score (nSPS) is 9.74. The number of phenolic OH excluding ortho intramolecular Hbond substituents is 1. The number of rotatable bonds is 5. The number of hydrogen-bond donors (Lipinski definition) is 2. The van der Waals surface area contributed by atoms with Crippen molar-refractivity contribution in [1.82, 2.24) is 0 Å². The molecule has 0 aliphatic carbocycles. The number of carboxylic acid groups (broad SMARTS) is 1. The first-order chi connectivity index (χ1) is 8.93. The van der Waals surface area contributed by atoms with Gasteiger partial charge < -0.3 is 19.7 Å². The molecule has 0 aliphatic heterocycles. The monoisotopic (exact) mass is 268 g/mol. The molecule has 1 aromatic rings. The summed E-state index contributed by atoms with van der Waals surface area (Å²) >= 11 is 0. The molecular weight excluding hydrogens is 256 g/mol. The van der Waals surface area contributed by atoms with E-state index in [0.29, 0.717) is 17.4 Å². The molecule has 2 N–H and O–H groups in total. The average Bonchev–Trinajstić information content (AvgIpc) is 2.36. The topological polar surface area (TPSA) is 110 Å². The van der Waals surface area contributed by atoms with Gasteiger partial charge in [0.2, 0.25) is 0 Å². The first-order valence-electron chi connectivity index (χ1n) is 5.23. The van der Waals surface area contributed by atoms with Crippen LogP contribution in [0, 0.1) is 6.92 Å². The number of ether oxygens (including phenoxy) is 2. The highest BCUT2D eigenvalue weighted by Crippen LogP contribution is 2.21. The number of carboxylic acids is 1. The largest absolute Gasteiger partial charge is 0.509 e. The molecule has 7 heteroatoms. The van der Waals surface area contributed by atoms with Crippen molar-refractivity contribution in [3.05, 3.63) is 28.8 Å². The lowest BCUT2D eigenvalue weighted by atomic mass is 10.1. The Hall–Kier alpha value is -2.57. The van der Waals surface area contributed by atoms with Gasteiger partial charge in [-0.25, -0.2) is 9.59 Å². The quantitative estimate of drug-likeness (QED) is 0.610. The summed E-state index contributed by atoms with van der Waals surface area (Å²) in [5, 5.41) is 17.8. The molecule has 0 bridgehead atoms. The summed E-state index contributed by atoms with van der Waals surface area (Å²) in [4.78, 5) is 31.7. The van der Waals surface area contributed by atoms with Gasteiger partial charge in [-0.3, -0.25) is 4.79 Å². The Morgan fingerprint density at radius 2 is 2.00 bits per heavy atom. The smallest absolute Gasteiger partial charge is 0.507 e. The van der Waals surface area contributed by atoms with Crippen molar-refractivity contribution in [2.45, 2.75) is 13.5 Å². The maximum Gasteiger partial charge on any atom is 0.509 e. The summed E-state index contributed by atoms with van der Waals surface area (Å²) in [5.74, 6) is -1.51. The van der Waals surface area contributed by atoms with E-state index in [1.165, 1.54) is 12.1 Å². The van der Waals surface area contributed by atoms with Crippen LogP contribution in [-0.2, 0) is 20.9 Å². The molecule has 0 spiro atoms. The minimum Gasteiger partial charge on any atom is -0.507 e. The number of phenols is 1. The van der Waals surface area contributed by atoms with Gasteiger partial charge in [-0.05, 0) is 30.2 Å². The third kappa shape index (κ3) is 4.30. The zero-order chi connectivity index (χ0) is 14.4. The van der Waals surface area contributed by atoms with Crippen LogP contribution in [0.2, 0.25) is 0 Å². The fourth-order valence-electron chi connectivity index (χ4n) is 1.31. The van der Waals surface area contributed by atoms with Crippen LogP contribution in [-0.4, -0.2) is 35.2 Å². The van der Waals surface area contributed by atoms with Gasteiger partial charge in [0.15, 0.2) is 12.9 Å². The number of carbonyl (C=O) groups excluding carboxylic acids is 2. The van der Waals surface area contributed by atoms with E-state index < -0.39 is 18.7 Å². The van der Waals surface area contributed by atoms with Crippen LogP contribution in [0.5, 0.6) is 5.75 Å². The molecule has 19 heavy (non-hydrogen) atoms. The van der Waals surface area contributed by atoms with Crippen LogP contribution in [0.3, 0.4) is 0 Å². The number of aliphatic carboxylic acids is 1. The standard InChI is InChI=1S/C12H12O7/c1-7-2-8(4-13)10(14)3-9(7)5-18-12(17)19-6-11(15)16/h2-4,14H,5-6H2,1H3,(H,15,16). The number of aldehydes is 1. The maximum absolute atomic E-state index is 11.0. The Labute approximate surface area is 108 Å². The van der Waals surface area contributed by atoms with Crippen molar-refractivity contribution in [1.29, 1.82) is 0 Å². The van der Waals surface area contributed by atoms with Gasteiger partial charge in [0, 0.05) is 0 Å². The fourth-order valence-corrected chi connectivity index (χ4v) is 1.31. The highest BCUT2D eigenvalue weighted by Gasteiger charge is 2.10. The van der Waals surface area contributed by atoms with Gasteiger partial charge in [-0.1, -0.05) is 0 Å². The van der Waals surface area contributed by atoms with Crippen LogP contribution < -0.4 is 0 Å². The third-order valence-electron chi connectivity index (χ3n) is 2.27. The van der Waals surface area contributed by atoms with E-state index in [2.05, 4.69) is 9.47 Å². The highest BCUT2D eigenvalue weighted by atomic mass is 16.7. The molecular formula is C12H12O7. The van der Waals surface area contributed by atoms with Gasteiger partial charge in [0.25, 0.3) is 0 Å². The van der Waals surface area contributed by atoms with Crippen molar-refractivity contribution < 1.29 is 34.1 Å². The molecule has 1 rings (SSSR count). The summed E-state index contributed by atoms with van der Waals surface area (Å²) in [7, 11) is 0. The molecule has 102 valence electrons. The minimum absolute atomic E-state index is 0.134. The molecule has 0 fully saturated rings. The lowest BCUT2D eigenvalue weighted by Crippen LogP contribution is -2.14. The molecule has 0 atom stereocenters. The first-order valence-corrected chi connectivity index (χ1v) is 5.23. The van der Waals surface area contributed by atoms with Crippen LogP contribution in [0.25, 0.3) is 0 Å². The summed E-state index contributed by atoms with van der Waals surface area (Å²) in [6.45, 7) is 0.692. The first kappa shape index (κ1) is 14.5. The summed E-state index contributed by atoms with van der Waals surface area (Å²) < 4.78 is 8.92. The second-order valence-electron chi connectivity index (χ2n) is 3.68. The Kier molecular flexibility index (Phi) is 4.87. The van der Waals surface area contributed by atoms with E-state index in [9.17, 15) is 19.5 Å². The molecule has 0 saturated carbocycles. The van der Waals surface area contributed by atoms with Gasteiger partial charge >= 0.3 is 12.1 Å². The Morgan fingerprint density at radius 3 is 2.58 bits per heavy atom. The van der Waals surface area contributed by atoms with Crippen LogP contribution in [0.15, 0.2) is 12.1 Å². The van der Waals surface area contributed by atoms with Crippen molar-refractivity contribution in [2.24, 2.45) is 0 Å². The zero-order valence-corrected chi connectivity index (χ0v) is 10.1. The molecule has 0 heterocycles. The predicted molar refractivity (Wildman–Crippen MR) is 62.0 cm³/mol. The van der Waals surface area contributed by atoms with Crippen LogP contribution in [0.1, 0.15) is 21.5 Å². The SMILES string of the molecule is Cc1cc(C=O)c(O)cc1COC(=O)OCC(=O)O. The van der Waals surface area contributed by atoms with E-state index in [4.69, 9.17) is 5.11 Å². The van der Waals surface area contributed by atoms with Gasteiger partial charge in [-0.2, -0.15) is 0 Å². The molecule has 0 amide bonds. The molecule has 0 unspecified atom stereocenters. The molecule has 7 nitrogen and oxygen atoms in total. The molecule has 0 saturated heterocycles. The molecule has 1 aromatic carbocycles. The van der Waals surface area contributed by atoms with Crippen molar-refractivity contribution >= 4 is 18.4 Å². The maximum atomic E-state index is 11.0. The highest BCUT2D eigenvalue weighted by molar-refractivity contribution is 5.79. The van der Waals surface area contributed by atoms with E-state index in [1.54, 1.807) is 6.92 Å². The Balaban J connectivity index is 2.63. The van der Waals surface area contributed by atoms with E-state index in [-0.39, 0.29) is 17.9 Å². The van der Waals surface area contributed by atoms with Crippen LogP contribution >= 0.6 is 0 Å². The number of aromatic hydroxyl groups is 1. The Bertz CT molecular complexity index is 507. The minimum atomic E-state index is -1.29. The summed E-state index contributed by atoms with van der Waals surface area (Å²) in [6, 6.07) is 2.74. The van der Waals surface area contributed by atoms with Crippen molar-refractivity contribution in [3.63, 3.8) is 0 Å². The third-order valence-corrected chi connectivity index (χ3v) is 2.27. The van der Waals surface area contributed by atoms with E-state index in [1.807, 2.05) is 0 Å². The molecule has 0 radical (unpaired) electrons. The Morgan fingerprint density at radius 1 is 1.32 bits per heavy atom. The molecule has 0 aromatic heterocycles. The number of aryl methyl sites for hydroxylation is 1. The summed E-state index contributed by atoms with van der Waals surface area (Å²) in [6.07, 6.45) is -0.616. The number of benzene rings is 1. The van der Waals surface area contributed by atoms with Crippen molar-refractivity contribution in [2.75, 3.05) is 6.61 Å². The number of hydrogen-bond acceptors (Lipinski definition) is 6. The second kappa shape index (κ2) is 6.39. The zero-order valence-electron chi connectivity index (χ0n) is 10.1. The van der Waals surface area contributed by atoms with E-state index in [0.717, 1.165) is 0 Å². The summed E-state index contributed by atoms with van der Waals surface area (Å²) in [5.41, 5.74) is 1.26. The van der Waals surface area contributed by atoms with Gasteiger partial charge in [-0.15, -0.1) is 0 Å². The van der Waals surface area contributed by atoms with E-state index >= 15 is 0 Å². The lowest BCUT2D eigenvalue weighted by molar-refractivity contribution is -0.141.